The Labute approximate surface area is 84.9 Å². The van der Waals surface area contributed by atoms with Gasteiger partial charge in [-0.05, 0) is 6.07 Å². The van der Waals surface area contributed by atoms with Crippen LogP contribution in [0.5, 0.6) is 0 Å². The zero-order valence-corrected chi connectivity index (χ0v) is 8.09. The van der Waals surface area contributed by atoms with Gasteiger partial charge >= 0.3 is 0 Å². The van der Waals surface area contributed by atoms with Crippen LogP contribution in [-0.4, -0.2) is 15.2 Å². The molecule has 0 aliphatic rings. The molecular formula is C8H5ClN2OS. The number of hydrogen-bond donors (Lipinski definition) is 1. The summed E-state index contributed by atoms with van der Waals surface area (Å²) in [5.74, 6) is 0. The van der Waals surface area contributed by atoms with Gasteiger partial charge in [-0.25, -0.2) is 4.98 Å². The summed E-state index contributed by atoms with van der Waals surface area (Å²) in [6, 6.07) is 1.77. The first-order valence-electron chi connectivity index (χ1n) is 3.54. The van der Waals surface area contributed by atoms with E-state index in [1.54, 1.807) is 16.2 Å². The van der Waals surface area contributed by atoms with Crippen molar-refractivity contribution in [3.05, 3.63) is 29.0 Å². The monoisotopic (exact) mass is 212 g/mol. The fourth-order valence-corrected chi connectivity index (χ4v) is 1.61. The van der Waals surface area contributed by atoms with E-state index in [2.05, 4.69) is 17.8 Å². The lowest BCUT2D eigenvalue weighted by Gasteiger charge is -1.97. The molecule has 0 N–H and O–H groups in total. The van der Waals surface area contributed by atoms with Crippen molar-refractivity contribution in [1.29, 1.82) is 0 Å². The molecule has 0 spiro atoms. The molecule has 0 aromatic carbocycles. The largest absolute Gasteiger partial charge is 0.298 e. The molecule has 0 fully saturated rings. The van der Waals surface area contributed by atoms with Crippen LogP contribution in [0, 0.1) is 0 Å². The molecule has 0 aliphatic heterocycles. The van der Waals surface area contributed by atoms with E-state index in [4.69, 9.17) is 11.6 Å². The van der Waals surface area contributed by atoms with Crippen LogP contribution in [0.3, 0.4) is 0 Å². The van der Waals surface area contributed by atoms with Gasteiger partial charge in [0.1, 0.15) is 0 Å². The van der Waals surface area contributed by atoms with E-state index in [0.717, 1.165) is 5.39 Å². The minimum absolute atomic E-state index is 0.397. The van der Waals surface area contributed by atoms with E-state index in [1.807, 2.05) is 0 Å². The second-order valence-electron chi connectivity index (χ2n) is 2.54. The van der Waals surface area contributed by atoms with Crippen LogP contribution in [0.2, 0.25) is 5.02 Å². The smallest absolute Gasteiger partial charge is 0.153 e. The predicted molar refractivity (Wildman–Crippen MR) is 54.5 cm³/mol. The van der Waals surface area contributed by atoms with Gasteiger partial charge in [-0.3, -0.25) is 8.77 Å². The Bertz CT molecular complexity index is 480. The van der Waals surface area contributed by atoms with Crippen molar-refractivity contribution >= 4 is 41.7 Å². The minimum Gasteiger partial charge on any atom is -0.298 e. The molecule has 2 heterocycles. The highest BCUT2D eigenvalue weighted by molar-refractivity contribution is 7.78. The van der Waals surface area contributed by atoms with Crippen molar-refractivity contribution in [1.82, 2.24) is 8.96 Å². The van der Waals surface area contributed by atoms with Gasteiger partial charge in [-0.2, -0.15) is 0 Å². The van der Waals surface area contributed by atoms with E-state index < -0.39 is 0 Å². The number of nitrogens with zero attached hydrogens (tertiary/aromatic N) is 2. The molecule has 0 saturated carbocycles. The first-order valence-corrected chi connectivity index (χ1v) is 4.32. The van der Waals surface area contributed by atoms with Gasteiger partial charge in [-0.15, -0.1) is 0 Å². The maximum atomic E-state index is 10.5. The van der Waals surface area contributed by atoms with Crippen molar-refractivity contribution in [3.63, 3.8) is 0 Å². The molecule has 0 saturated heterocycles. The normalized spacial score (nSPS) is 10.6. The average molecular weight is 213 g/mol. The van der Waals surface area contributed by atoms with Gasteiger partial charge in [0.25, 0.3) is 0 Å². The molecule has 5 heteroatoms. The lowest BCUT2D eigenvalue weighted by Crippen LogP contribution is -1.88. The highest BCUT2D eigenvalue weighted by Crippen LogP contribution is 2.25. The number of aromatic nitrogens is 2. The number of pyridine rings is 1. The highest BCUT2D eigenvalue weighted by atomic mass is 35.5. The predicted octanol–water partition coefficient (Wildman–Crippen LogP) is 2.20. The zero-order chi connectivity index (χ0) is 9.42. The second-order valence-corrected chi connectivity index (χ2v) is 3.35. The summed E-state index contributed by atoms with van der Waals surface area (Å²) in [6.45, 7) is 0. The molecule has 0 amide bonds. The standard InChI is InChI=1S/C8H5ClN2OS/c9-7-5(4-12)3-10-8-6(7)1-2-11(8)13/h1-4,13H. The number of rotatable bonds is 1. The number of halogens is 1. The van der Waals surface area contributed by atoms with Gasteiger partial charge < -0.3 is 0 Å². The summed E-state index contributed by atoms with van der Waals surface area (Å²) in [5, 5.41) is 1.16. The van der Waals surface area contributed by atoms with Gasteiger partial charge in [-0.1, -0.05) is 24.4 Å². The highest BCUT2D eigenvalue weighted by Gasteiger charge is 2.08. The van der Waals surface area contributed by atoms with Crippen molar-refractivity contribution in [3.8, 4) is 0 Å². The lowest BCUT2D eigenvalue weighted by atomic mass is 10.2. The van der Waals surface area contributed by atoms with Crippen LogP contribution in [0.4, 0.5) is 0 Å². The average Bonchev–Trinajstić information content (AvgIpc) is 2.50. The molecule has 0 unspecified atom stereocenters. The Morgan fingerprint density at radius 1 is 1.62 bits per heavy atom. The Morgan fingerprint density at radius 3 is 3.08 bits per heavy atom. The van der Waals surface area contributed by atoms with E-state index >= 15 is 0 Å². The van der Waals surface area contributed by atoms with E-state index in [1.165, 1.54) is 6.20 Å². The molecule has 0 aliphatic carbocycles. The van der Waals surface area contributed by atoms with Crippen molar-refractivity contribution in [2.75, 3.05) is 0 Å². The number of aldehydes is 1. The van der Waals surface area contributed by atoms with Crippen molar-refractivity contribution in [2.24, 2.45) is 0 Å². The van der Waals surface area contributed by atoms with E-state index in [0.29, 0.717) is 22.5 Å². The van der Waals surface area contributed by atoms with Gasteiger partial charge in [0.15, 0.2) is 11.9 Å². The molecule has 66 valence electrons. The molecular weight excluding hydrogens is 208 g/mol. The maximum Gasteiger partial charge on any atom is 0.153 e. The van der Waals surface area contributed by atoms with Gasteiger partial charge in [0.05, 0.1) is 10.6 Å². The molecule has 0 bridgehead atoms. The summed E-state index contributed by atoms with van der Waals surface area (Å²) in [6.07, 6.45) is 3.84. The zero-order valence-electron chi connectivity index (χ0n) is 6.44. The topological polar surface area (TPSA) is 34.9 Å². The summed E-state index contributed by atoms with van der Waals surface area (Å²) in [5.41, 5.74) is 1.05. The third-order valence-electron chi connectivity index (χ3n) is 1.78. The summed E-state index contributed by atoms with van der Waals surface area (Å²) in [7, 11) is 0. The third kappa shape index (κ3) is 1.22. The minimum atomic E-state index is 0.397. The SMILES string of the molecule is O=Cc1cnc2c(ccn2S)c1Cl. The Balaban J connectivity index is 2.87. The van der Waals surface area contributed by atoms with Crippen LogP contribution < -0.4 is 0 Å². The Morgan fingerprint density at radius 2 is 2.38 bits per heavy atom. The lowest BCUT2D eigenvalue weighted by molar-refractivity contribution is 0.112. The molecule has 2 aromatic heterocycles. The first-order chi connectivity index (χ1) is 6.24. The quantitative estimate of drug-likeness (QED) is 0.581. The summed E-state index contributed by atoms with van der Waals surface area (Å²) in [4.78, 5) is 14.6. The maximum absolute atomic E-state index is 10.5. The van der Waals surface area contributed by atoms with Gasteiger partial charge in [0, 0.05) is 17.8 Å². The third-order valence-corrected chi connectivity index (χ3v) is 2.53. The van der Waals surface area contributed by atoms with Crippen LogP contribution in [0.25, 0.3) is 11.0 Å². The van der Waals surface area contributed by atoms with E-state index in [9.17, 15) is 4.79 Å². The van der Waals surface area contributed by atoms with Crippen molar-refractivity contribution in [2.45, 2.75) is 0 Å². The number of hydrogen-bond acceptors (Lipinski definition) is 3. The number of carbonyl (C=O) groups excluding carboxylic acids is 1. The molecule has 2 aromatic rings. The number of thiol groups is 1. The fraction of sp³-hybridized carbons (Fsp3) is 0. The fourth-order valence-electron chi connectivity index (χ4n) is 1.14. The molecule has 3 nitrogen and oxygen atoms in total. The van der Waals surface area contributed by atoms with Crippen LogP contribution in [-0.2, 0) is 0 Å². The Kier molecular flexibility index (Phi) is 2.01. The van der Waals surface area contributed by atoms with Crippen molar-refractivity contribution < 1.29 is 4.79 Å². The van der Waals surface area contributed by atoms with Crippen LogP contribution in [0.15, 0.2) is 18.5 Å². The summed E-state index contributed by atoms with van der Waals surface area (Å²) >= 11 is 10.1. The van der Waals surface area contributed by atoms with Crippen LogP contribution in [0.1, 0.15) is 10.4 Å². The molecule has 0 radical (unpaired) electrons. The van der Waals surface area contributed by atoms with Crippen LogP contribution >= 0.6 is 24.4 Å². The second kappa shape index (κ2) is 3.05. The van der Waals surface area contributed by atoms with E-state index in [-0.39, 0.29) is 0 Å². The number of carbonyl (C=O) groups is 1. The molecule has 13 heavy (non-hydrogen) atoms. The van der Waals surface area contributed by atoms with Gasteiger partial charge in [0.2, 0.25) is 0 Å². The molecule has 0 atom stereocenters. The molecule has 2 rings (SSSR count). The Hall–Kier alpha value is -1.00. The first kappa shape index (κ1) is 8.59. The number of fused-ring (bicyclic) bond motifs is 1. The summed E-state index contributed by atoms with van der Waals surface area (Å²) < 4.78 is 1.55.